The van der Waals surface area contributed by atoms with Gasteiger partial charge < -0.3 is 10.2 Å². The lowest BCUT2D eigenvalue weighted by atomic mass is 10.1. The first-order valence-electron chi connectivity index (χ1n) is 6.98. The molecule has 0 unspecified atom stereocenters. The maximum Gasteiger partial charge on any atom is 0.418 e. The van der Waals surface area contributed by atoms with E-state index in [1.807, 2.05) is 27.7 Å². The van der Waals surface area contributed by atoms with Crippen LogP contribution in [0.4, 0.5) is 18.9 Å². The highest BCUT2D eigenvalue weighted by molar-refractivity contribution is 5.56. The average Bonchev–Trinajstić information content (AvgIpc) is 2.37. The summed E-state index contributed by atoms with van der Waals surface area (Å²) in [5.74, 6) is 0. The molecule has 0 fully saturated rings. The molecule has 0 saturated carbocycles. The van der Waals surface area contributed by atoms with Gasteiger partial charge in [0.05, 0.1) is 5.56 Å². The fraction of sp³-hybridized carbons (Fsp3) is 0.600. The van der Waals surface area contributed by atoms with Gasteiger partial charge in [0.25, 0.3) is 0 Å². The van der Waals surface area contributed by atoms with E-state index in [9.17, 15) is 13.2 Å². The number of hydrogen-bond donors (Lipinski definition) is 1. The third-order valence-corrected chi connectivity index (χ3v) is 3.18. The number of alkyl halides is 3. The van der Waals surface area contributed by atoms with Gasteiger partial charge in [-0.1, -0.05) is 19.9 Å². The third-order valence-electron chi connectivity index (χ3n) is 3.18. The largest absolute Gasteiger partial charge is 0.418 e. The molecule has 0 radical (unpaired) electrons. The molecule has 0 spiro atoms. The summed E-state index contributed by atoms with van der Waals surface area (Å²) in [6.45, 7) is 9.21. The van der Waals surface area contributed by atoms with Crippen LogP contribution < -0.4 is 10.2 Å². The predicted octanol–water partition coefficient (Wildman–Crippen LogP) is 4.05. The Kier molecular flexibility index (Phi) is 5.87. The number of halogens is 3. The van der Waals surface area contributed by atoms with Crippen LogP contribution in [0, 0.1) is 0 Å². The summed E-state index contributed by atoms with van der Waals surface area (Å²) in [7, 11) is 0. The van der Waals surface area contributed by atoms with Gasteiger partial charge in [0, 0.05) is 31.4 Å². The Morgan fingerprint density at radius 3 is 2.20 bits per heavy atom. The van der Waals surface area contributed by atoms with Crippen molar-refractivity contribution in [2.24, 2.45) is 0 Å². The quantitative estimate of drug-likeness (QED) is 0.849. The fourth-order valence-electron chi connectivity index (χ4n) is 2.08. The molecule has 1 aromatic carbocycles. The second-order valence-electron chi connectivity index (χ2n) is 5.06. The second-order valence-corrected chi connectivity index (χ2v) is 5.06. The minimum Gasteiger partial charge on any atom is -0.372 e. The van der Waals surface area contributed by atoms with Gasteiger partial charge in [0.2, 0.25) is 0 Å². The second kappa shape index (κ2) is 6.97. The molecule has 0 aromatic heterocycles. The molecule has 0 heterocycles. The standard InChI is InChI=1S/C15H23F3N2/c1-5-20(6-2)14-8-7-12(10-19-11(3)4)9-13(14)15(16,17)18/h7-9,11,19H,5-6,10H2,1-4H3. The summed E-state index contributed by atoms with van der Waals surface area (Å²) >= 11 is 0. The monoisotopic (exact) mass is 288 g/mol. The highest BCUT2D eigenvalue weighted by Gasteiger charge is 2.34. The van der Waals surface area contributed by atoms with Gasteiger partial charge in [-0.05, 0) is 31.5 Å². The van der Waals surface area contributed by atoms with Gasteiger partial charge in [-0.3, -0.25) is 0 Å². The Hall–Kier alpha value is -1.23. The van der Waals surface area contributed by atoms with Crippen molar-refractivity contribution in [3.05, 3.63) is 29.3 Å². The van der Waals surface area contributed by atoms with Crippen molar-refractivity contribution >= 4 is 5.69 Å². The van der Waals surface area contributed by atoms with Crippen LogP contribution >= 0.6 is 0 Å². The lowest BCUT2D eigenvalue weighted by Crippen LogP contribution is -2.26. The van der Waals surface area contributed by atoms with E-state index in [-0.39, 0.29) is 11.7 Å². The van der Waals surface area contributed by atoms with E-state index < -0.39 is 11.7 Å². The van der Waals surface area contributed by atoms with Crippen molar-refractivity contribution in [3.63, 3.8) is 0 Å². The first kappa shape index (κ1) is 16.8. The highest BCUT2D eigenvalue weighted by atomic mass is 19.4. The maximum absolute atomic E-state index is 13.2. The average molecular weight is 288 g/mol. The Labute approximate surface area is 119 Å². The fourth-order valence-corrected chi connectivity index (χ4v) is 2.08. The van der Waals surface area contributed by atoms with Gasteiger partial charge in [-0.15, -0.1) is 0 Å². The Bertz CT molecular complexity index is 424. The van der Waals surface area contributed by atoms with Crippen LogP contribution in [0.2, 0.25) is 0 Å². The molecule has 0 amide bonds. The SMILES string of the molecule is CCN(CC)c1ccc(CNC(C)C)cc1C(F)(F)F. The molecular weight excluding hydrogens is 265 g/mol. The molecule has 0 atom stereocenters. The maximum atomic E-state index is 13.2. The topological polar surface area (TPSA) is 15.3 Å². The molecule has 114 valence electrons. The highest BCUT2D eigenvalue weighted by Crippen LogP contribution is 2.37. The molecule has 1 N–H and O–H groups in total. The molecule has 5 heteroatoms. The molecule has 0 aliphatic carbocycles. The molecular formula is C15H23F3N2. The van der Waals surface area contributed by atoms with Crippen LogP contribution in [0.25, 0.3) is 0 Å². The Morgan fingerprint density at radius 1 is 1.15 bits per heavy atom. The third kappa shape index (κ3) is 4.40. The van der Waals surface area contributed by atoms with Crippen LogP contribution in [0.15, 0.2) is 18.2 Å². The van der Waals surface area contributed by atoms with Crippen LogP contribution in [0.5, 0.6) is 0 Å². The normalized spacial score (nSPS) is 12.0. The van der Waals surface area contributed by atoms with Gasteiger partial charge >= 0.3 is 6.18 Å². The van der Waals surface area contributed by atoms with Crippen molar-refractivity contribution in [1.82, 2.24) is 5.32 Å². The van der Waals surface area contributed by atoms with E-state index in [1.165, 1.54) is 6.07 Å². The zero-order chi connectivity index (χ0) is 15.3. The van der Waals surface area contributed by atoms with Gasteiger partial charge in [-0.2, -0.15) is 13.2 Å². The molecule has 1 aromatic rings. The van der Waals surface area contributed by atoms with Crippen molar-refractivity contribution in [3.8, 4) is 0 Å². The minimum absolute atomic E-state index is 0.242. The lowest BCUT2D eigenvalue weighted by molar-refractivity contribution is -0.137. The molecule has 0 saturated heterocycles. The number of benzene rings is 1. The smallest absolute Gasteiger partial charge is 0.372 e. The molecule has 2 nitrogen and oxygen atoms in total. The number of nitrogens with one attached hydrogen (secondary N) is 1. The van der Waals surface area contributed by atoms with E-state index in [0.29, 0.717) is 25.2 Å². The van der Waals surface area contributed by atoms with Crippen LogP contribution in [0.1, 0.15) is 38.8 Å². The summed E-state index contributed by atoms with van der Waals surface area (Å²) in [6.07, 6.45) is -4.33. The molecule has 1 rings (SSSR count). The summed E-state index contributed by atoms with van der Waals surface area (Å²) in [5.41, 5.74) is 0.363. The number of nitrogens with zero attached hydrogens (tertiary/aromatic N) is 1. The van der Waals surface area contributed by atoms with E-state index in [4.69, 9.17) is 0 Å². The zero-order valence-corrected chi connectivity index (χ0v) is 12.5. The van der Waals surface area contributed by atoms with Gasteiger partial charge in [0.1, 0.15) is 0 Å². The number of hydrogen-bond acceptors (Lipinski definition) is 2. The molecule has 0 bridgehead atoms. The molecule has 20 heavy (non-hydrogen) atoms. The van der Waals surface area contributed by atoms with Gasteiger partial charge in [-0.25, -0.2) is 0 Å². The number of rotatable bonds is 6. The molecule has 0 aliphatic rings. The van der Waals surface area contributed by atoms with E-state index in [2.05, 4.69) is 5.32 Å². The Morgan fingerprint density at radius 2 is 1.75 bits per heavy atom. The first-order valence-corrected chi connectivity index (χ1v) is 6.98. The van der Waals surface area contributed by atoms with Crippen LogP contribution in [-0.4, -0.2) is 19.1 Å². The van der Waals surface area contributed by atoms with E-state index in [0.717, 1.165) is 0 Å². The molecule has 0 aliphatic heterocycles. The van der Waals surface area contributed by atoms with Gasteiger partial charge in [0.15, 0.2) is 0 Å². The zero-order valence-electron chi connectivity index (χ0n) is 12.5. The van der Waals surface area contributed by atoms with Crippen LogP contribution in [-0.2, 0) is 12.7 Å². The van der Waals surface area contributed by atoms with E-state index in [1.54, 1.807) is 17.0 Å². The van der Waals surface area contributed by atoms with Crippen molar-refractivity contribution in [2.75, 3.05) is 18.0 Å². The predicted molar refractivity (Wildman–Crippen MR) is 77.0 cm³/mol. The lowest BCUT2D eigenvalue weighted by Gasteiger charge is -2.25. The minimum atomic E-state index is -4.33. The van der Waals surface area contributed by atoms with Crippen molar-refractivity contribution in [1.29, 1.82) is 0 Å². The van der Waals surface area contributed by atoms with Crippen LogP contribution in [0.3, 0.4) is 0 Å². The first-order chi connectivity index (χ1) is 9.29. The van der Waals surface area contributed by atoms with E-state index >= 15 is 0 Å². The summed E-state index contributed by atoms with van der Waals surface area (Å²) in [6, 6.07) is 4.83. The summed E-state index contributed by atoms with van der Waals surface area (Å²) < 4.78 is 39.6. The summed E-state index contributed by atoms with van der Waals surface area (Å²) in [5, 5.41) is 3.14. The Balaban J connectivity index is 3.13. The van der Waals surface area contributed by atoms with Crippen molar-refractivity contribution < 1.29 is 13.2 Å². The number of anilines is 1. The van der Waals surface area contributed by atoms with Crippen molar-refractivity contribution in [2.45, 2.75) is 46.5 Å². The summed E-state index contributed by atoms with van der Waals surface area (Å²) in [4.78, 5) is 1.72.